The highest BCUT2D eigenvalue weighted by molar-refractivity contribution is 6.11. The molecule has 0 aliphatic carbocycles. The molecule has 1 aromatic heterocycles. The molecule has 0 radical (unpaired) electrons. The topological polar surface area (TPSA) is 82.6 Å². The van der Waals surface area contributed by atoms with Gasteiger partial charge in [0, 0.05) is 18.0 Å². The number of aromatic nitrogens is 1. The molecule has 0 aliphatic rings. The highest BCUT2D eigenvalue weighted by Gasteiger charge is 2.42. The summed E-state index contributed by atoms with van der Waals surface area (Å²) < 4.78 is 10.2. The summed E-state index contributed by atoms with van der Waals surface area (Å²) >= 11 is 0. The predicted molar refractivity (Wildman–Crippen MR) is 94.5 cm³/mol. The number of benzene rings is 1. The molecule has 2 atom stereocenters. The van der Waals surface area contributed by atoms with Crippen molar-refractivity contribution in [2.75, 3.05) is 13.2 Å². The van der Waals surface area contributed by atoms with Gasteiger partial charge in [-0.2, -0.15) is 0 Å². The molecule has 2 rings (SSSR count). The summed E-state index contributed by atoms with van der Waals surface area (Å²) in [4.78, 5) is 42.2. The van der Waals surface area contributed by atoms with Crippen LogP contribution in [0, 0.1) is 5.92 Å². The number of nitrogens with zero attached hydrogens (tertiary/aromatic N) is 1. The number of carbonyl (C=O) groups excluding carboxylic acids is 3. The van der Waals surface area contributed by atoms with Gasteiger partial charge >= 0.3 is 11.9 Å². The number of esters is 2. The zero-order valence-corrected chi connectivity index (χ0v) is 14.8. The zero-order valence-electron chi connectivity index (χ0n) is 14.8. The third-order valence-corrected chi connectivity index (χ3v) is 3.82. The Labute approximate surface area is 152 Å². The Bertz CT molecular complexity index is 745. The van der Waals surface area contributed by atoms with Crippen LogP contribution in [0.2, 0.25) is 0 Å². The van der Waals surface area contributed by atoms with Crippen molar-refractivity contribution in [2.45, 2.75) is 19.8 Å². The Morgan fingerprint density at radius 1 is 0.885 bits per heavy atom. The van der Waals surface area contributed by atoms with Crippen molar-refractivity contribution in [3.8, 4) is 0 Å². The van der Waals surface area contributed by atoms with Crippen molar-refractivity contribution in [2.24, 2.45) is 5.92 Å². The highest BCUT2D eigenvalue weighted by atomic mass is 16.5. The summed E-state index contributed by atoms with van der Waals surface area (Å²) in [6.07, 6.45) is 2.91. The molecule has 0 spiro atoms. The van der Waals surface area contributed by atoms with E-state index in [0.717, 1.165) is 0 Å². The molecular weight excluding hydrogens is 334 g/mol. The minimum Gasteiger partial charge on any atom is -0.465 e. The third-order valence-electron chi connectivity index (χ3n) is 3.82. The Kier molecular flexibility index (Phi) is 7.02. The van der Waals surface area contributed by atoms with E-state index in [1.165, 1.54) is 24.5 Å². The lowest BCUT2D eigenvalue weighted by atomic mass is 9.81. The first-order valence-electron chi connectivity index (χ1n) is 8.42. The molecule has 0 fully saturated rings. The van der Waals surface area contributed by atoms with E-state index >= 15 is 0 Å². The number of hydrogen-bond donors (Lipinski definition) is 0. The van der Waals surface area contributed by atoms with Gasteiger partial charge in [-0.05, 0) is 31.5 Å². The van der Waals surface area contributed by atoms with Gasteiger partial charge in [0.2, 0.25) is 0 Å². The van der Waals surface area contributed by atoms with Crippen LogP contribution in [0.5, 0.6) is 0 Å². The molecule has 0 unspecified atom stereocenters. The first-order chi connectivity index (χ1) is 12.6. The summed E-state index contributed by atoms with van der Waals surface area (Å²) in [7, 11) is 0. The summed E-state index contributed by atoms with van der Waals surface area (Å²) in [5.41, 5.74) is 0.801. The van der Waals surface area contributed by atoms with Crippen LogP contribution in [-0.2, 0) is 19.1 Å². The molecule has 0 saturated carbocycles. The summed E-state index contributed by atoms with van der Waals surface area (Å²) in [5, 5.41) is 0. The molecule has 0 N–H and O–H groups in total. The Morgan fingerprint density at radius 2 is 1.46 bits per heavy atom. The first kappa shape index (κ1) is 19.3. The number of pyridine rings is 1. The van der Waals surface area contributed by atoms with Gasteiger partial charge in [-0.1, -0.05) is 30.3 Å². The number of ether oxygens (including phenoxy) is 2. The van der Waals surface area contributed by atoms with E-state index in [1.54, 1.807) is 44.2 Å². The van der Waals surface area contributed by atoms with E-state index in [0.29, 0.717) is 5.56 Å². The summed E-state index contributed by atoms with van der Waals surface area (Å²) in [6.45, 7) is 3.56. The van der Waals surface area contributed by atoms with Gasteiger partial charge in [0.1, 0.15) is 11.8 Å². The zero-order chi connectivity index (χ0) is 18.9. The monoisotopic (exact) mass is 355 g/mol. The predicted octanol–water partition coefficient (Wildman–Crippen LogP) is 2.79. The van der Waals surface area contributed by atoms with E-state index in [9.17, 15) is 14.4 Å². The molecule has 0 bridgehead atoms. The van der Waals surface area contributed by atoms with E-state index in [1.807, 2.05) is 0 Å². The molecular formula is C20H21NO5. The van der Waals surface area contributed by atoms with Crippen LogP contribution < -0.4 is 0 Å². The minimum atomic E-state index is -1.33. The van der Waals surface area contributed by atoms with Gasteiger partial charge in [-0.25, -0.2) is 0 Å². The molecule has 0 amide bonds. The lowest BCUT2D eigenvalue weighted by Gasteiger charge is -2.23. The molecule has 136 valence electrons. The van der Waals surface area contributed by atoms with Crippen molar-refractivity contribution < 1.29 is 23.9 Å². The third kappa shape index (κ3) is 4.53. The standard InChI is InChI=1S/C20H21NO5/c1-3-25-19(23)16(14-8-6-5-7-9-14)17(20(24)26-4-2)18(22)15-10-12-21-13-11-15/h5-13,16-17H,3-4H2,1-2H3/t16-,17+/m0/s1. The maximum absolute atomic E-state index is 13.0. The SMILES string of the molecule is CCOC(=O)[C@@H](C(=O)c1ccncc1)[C@@H](C(=O)OCC)c1ccccc1. The second-order valence-electron chi connectivity index (χ2n) is 5.47. The maximum atomic E-state index is 13.0. The van der Waals surface area contributed by atoms with Crippen molar-refractivity contribution in [1.82, 2.24) is 4.98 Å². The molecule has 0 aliphatic heterocycles. The van der Waals surface area contributed by atoms with Crippen LogP contribution in [0.4, 0.5) is 0 Å². The molecule has 6 heteroatoms. The van der Waals surface area contributed by atoms with Crippen LogP contribution in [0.25, 0.3) is 0 Å². The van der Waals surface area contributed by atoms with Gasteiger partial charge in [0.05, 0.1) is 13.2 Å². The minimum absolute atomic E-state index is 0.100. The number of rotatable bonds is 8. The molecule has 1 heterocycles. The Hall–Kier alpha value is -3.02. The van der Waals surface area contributed by atoms with Crippen LogP contribution in [0.1, 0.15) is 35.7 Å². The fraction of sp³-hybridized carbons (Fsp3) is 0.300. The van der Waals surface area contributed by atoms with E-state index in [-0.39, 0.29) is 18.8 Å². The fourth-order valence-corrected chi connectivity index (χ4v) is 2.68. The Balaban J connectivity index is 2.52. The van der Waals surface area contributed by atoms with E-state index in [2.05, 4.69) is 4.98 Å². The van der Waals surface area contributed by atoms with Gasteiger partial charge < -0.3 is 9.47 Å². The number of carbonyl (C=O) groups is 3. The average Bonchev–Trinajstić information content (AvgIpc) is 2.67. The maximum Gasteiger partial charge on any atom is 0.318 e. The second kappa shape index (κ2) is 9.46. The van der Waals surface area contributed by atoms with Crippen molar-refractivity contribution >= 4 is 17.7 Å². The van der Waals surface area contributed by atoms with E-state index < -0.39 is 29.6 Å². The average molecular weight is 355 g/mol. The molecule has 26 heavy (non-hydrogen) atoms. The molecule has 6 nitrogen and oxygen atoms in total. The van der Waals surface area contributed by atoms with Gasteiger partial charge in [0.15, 0.2) is 5.78 Å². The van der Waals surface area contributed by atoms with Gasteiger partial charge in [-0.3, -0.25) is 19.4 Å². The normalized spacial score (nSPS) is 12.7. The number of hydrogen-bond acceptors (Lipinski definition) is 6. The quantitative estimate of drug-likeness (QED) is 0.411. The lowest BCUT2D eigenvalue weighted by Crippen LogP contribution is -2.36. The number of ketones is 1. The van der Waals surface area contributed by atoms with Crippen LogP contribution in [-0.4, -0.2) is 35.9 Å². The van der Waals surface area contributed by atoms with E-state index in [4.69, 9.17) is 9.47 Å². The molecule has 2 aromatic rings. The van der Waals surface area contributed by atoms with Crippen LogP contribution in [0.15, 0.2) is 54.9 Å². The molecule has 0 saturated heterocycles. The largest absolute Gasteiger partial charge is 0.465 e. The van der Waals surface area contributed by atoms with Crippen LogP contribution in [0.3, 0.4) is 0 Å². The number of Topliss-reactive ketones (excluding diaryl/α,β-unsaturated/α-hetero) is 1. The Morgan fingerprint density at radius 3 is 2.04 bits per heavy atom. The smallest absolute Gasteiger partial charge is 0.318 e. The van der Waals surface area contributed by atoms with Gasteiger partial charge in [-0.15, -0.1) is 0 Å². The van der Waals surface area contributed by atoms with Crippen LogP contribution >= 0.6 is 0 Å². The summed E-state index contributed by atoms with van der Waals surface area (Å²) in [5.74, 6) is -4.32. The highest BCUT2D eigenvalue weighted by Crippen LogP contribution is 2.30. The lowest BCUT2D eigenvalue weighted by molar-refractivity contribution is -0.155. The van der Waals surface area contributed by atoms with Crippen molar-refractivity contribution in [1.29, 1.82) is 0 Å². The molecule has 1 aromatic carbocycles. The fourth-order valence-electron chi connectivity index (χ4n) is 2.68. The van der Waals surface area contributed by atoms with Crippen molar-refractivity contribution in [3.63, 3.8) is 0 Å². The van der Waals surface area contributed by atoms with Crippen molar-refractivity contribution in [3.05, 3.63) is 66.0 Å². The first-order valence-corrected chi connectivity index (χ1v) is 8.42. The van der Waals surface area contributed by atoms with Gasteiger partial charge in [0.25, 0.3) is 0 Å². The summed E-state index contributed by atoms with van der Waals surface area (Å²) in [6, 6.07) is 11.6. The second-order valence-corrected chi connectivity index (χ2v) is 5.47.